The van der Waals surface area contributed by atoms with Crippen LogP contribution < -0.4 is 0 Å². The van der Waals surface area contributed by atoms with Gasteiger partial charge in [0, 0.05) is 12.4 Å². The van der Waals surface area contributed by atoms with Crippen molar-refractivity contribution in [2.45, 2.75) is 6.92 Å². The summed E-state index contributed by atoms with van der Waals surface area (Å²) in [6.45, 7) is 1.90. The zero-order valence-corrected chi connectivity index (χ0v) is 4.60. The highest BCUT2D eigenvalue weighted by atomic mass is 15.4. The van der Waals surface area contributed by atoms with E-state index < -0.39 is 0 Å². The van der Waals surface area contributed by atoms with E-state index in [4.69, 9.17) is 5.26 Å². The Morgan fingerprint density at radius 3 is 2.62 bits per heavy atom. The van der Waals surface area contributed by atoms with Crippen LogP contribution in [0.5, 0.6) is 0 Å². The van der Waals surface area contributed by atoms with E-state index in [2.05, 4.69) is 4.98 Å². The molecule has 0 radical (unpaired) electrons. The molecule has 0 spiro atoms. The van der Waals surface area contributed by atoms with E-state index >= 15 is 0 Å². The highest BCUT2D eigenvalue weighted by Gasteiger charge is 1.92. The molecule has 1 heterocycles. The number of nitrogens with zero attached hydrogens (tertiary/aromatic N) is 1. The maximum atomic E-state index is 8.34. The highest BCUT2D eigenvalue weighted by molar-refractivity contribution is 5.33. The Labute approximate surface area is 47.8 Å². The summed E-state index contributed by atoms with van der Waals surface area (Å²) in [6.07, 6.45) is 3.49. The smallest absolute Gasteiger partial charge is 0.101 e. The Balaban J connectivity index is 3.15. The second-order valence-electron chi connectivity index (χ2n) is 1.66. The fourth-order valence-corrected chi connectivity index (χ4v) is 0.562. The third kappa shape index (κ3) is 0.584. The molecule has 2 heteroatoms. The van der Waals surface area contributed by atoms with Crippen LogP contribution in [0.1, 0.15) is 11.1 Å². The van der Waals surface area contributed by atoms with Crippen molar-refractivity contribution in [3.05, 3.63) is 23.5 Å². The number of aryl methyl sites for hydroxylation is 1. The summed E-state index contributed by atoms with van der Waals surface area (Å²) in [5, 5.41) is 8.34. The summed E-state index contributed by atoms with van der Waals surface area (Å²) in [5.74, 6) is 0. The molecule has 0 atom stereocenters. The van der Waals surface area contributed by atoms with Gasteiger partial charge in [-0.05, 0) is 12.5 Å². The van der Waals surface area contributed by atoms with E-state index in [9.17, 15) is 0 Å². The molecule has 0 aromatic carbocycles. The first-order chi connectivity index (χ1) is 3.84. The van der Waals surface area contributed by atoms with Gasteiger partial charge < -0.3 is 4.98 Å². The fraction of sp³-hybridized carbons (Fsp3) is 0.167. The topological polar surface area (TPSA) is 39.6 Å². The summed E-state index contributed by atoms with van der Waals surface area (Å²) in [6, 6.07) is 2.04. The fourth-order valence-electron chi connectivity index (χ4n) is 0.562. The van der Waals surface area contributed by atoms with Gasteiger partial charge in [-0.25, -0.2) is 0 Å². The molecule has 1 aromatic heterocycles. The minimum atomic E-state index is 0.727. The monoisotopic (exact) mass is 107 g/mol. The Hall–Kier alpha value is -1.23. The first-order valence-corrected chi connectivity index (χ1v) is 2.38. The number of hydrogen-bond acceptors (Lipinski definition) is 1. The van der Waals surface area contributed by atoms with E-state index in [1.165, 1.54) is 0 Å². The first-order valence-electron chi connectivity index (χ1n) is 2.38. The molecule has 1 rings (SSSR count). The van der Waals surface area contributed by atoms with Gasteiger partial charge in [0.25, 0.3) is 0 Å². The van der Waals surface area contributed by atoms with Crippen molar-refractivity contribution in [3.8, 4) is 6.07 Å². The van der Waals surface area contributed by atoms with Gasteiger partial charge in [-0.3, -0.25) is 0 Å². The molecule has 0 aliphatic carbocycles. The zero-order valence-electron chi connectivity index (χ0n) is 4.60. The molecule has 40 valence electrons. The predicted octanol–water partition coefficient (Wildman–Crippen LogP) is 1.19. The molecule has 1 N–H and O–H groups in total. The molecule has 0 saturated carbocycles. The lowest BCUT2D eigenvalue weighted by atomic mass is 10.2. The summed E-state index contributed by atoms with van der Waals surface area (Å²) in [5.41, 5.74) is 1.73. The van der Waals surface area contributed by atoms with E-state index in [1.54, 1.807) is 12.4 Å². The average molecular weight is 107 g/mol. The Bertz CT molecular complexity index is 217. The number of aromatic nitrogens is 1. The van der Waals surface area contributed by atoms with Crippen molar-refractivity contribution in [1.82, 2.24) is 4.98 Å². The largest absolute Gasteiger partial charge is 0.366 e. The lowest BCUT2D eigenvalue weighted by Gasteiger charge is -1.76. The van der Waals surface area contributed by atoms with Crippen LogP contribution in [0.2, 0.25) is 0 Å². The Morgan fingerprint density at radius 1 is 1.62 bits per heavy atom. The van der Waals surface area contributed by atoms with Gasteiger partial charge in [0.15, 0.2) is 0 Å². The van der Waals surface area contributed by atoms with Gasteiger partial charge in [0.2, 0.25) is 0 Å². The SMILES string of the molecule is Cc1c[15nH]cc1C#N. The minimum absolute atomic E-state index is 0.727. The van der Waals surface area contributed by atoms with Gasteiger partial charge in [-0.15, -0.1) is 0 Å². The average Bonchev–Trinajstić information content (AvgIpc) is 2.14. The van der Waals surface area contributed by atoms with Crippen LogP contribution in [-0.4, -0.2) is 4.98 Å². The van der Waals surface area contributed by atoms with Gasteiger partial charge in [0.1, 0.15) is 6.07 Å². The third-order valence-electron chi connectivity index (χ3n) is 1.07. The lowest BCUT2D eigenvalue weighted by molar-refractivity contribution is 1.39. The van der Waals surface area contributed by atoms with Crippen molar-refractivity contribution in [2.24, 2.45) is 0 Å². The molecule has 0 amide bonds. The summed E-state index contributed by atoms with van der Waals surface area (Å²) < 4.78 is 0. The van der Waals surface area contributed by atoms with E-state index in [0.717, 1.165) is 11.1 Å². The van der Waals surface area contributed by atoms with Crippen LogP contribution in [-0.2, 0) is 0 Å². The lowest BCUT2D eigenvalue weighted by Crippen LogP contribution is -1.67. The van der Waals surface area contributed by atoms with Crippen LogP contribution >= 0.6 is 0 Å². The van der Waals surface area contributed by atoms with Crippen molar-refractivity contribution < 1.29 is 0 Å². The third-order valence-corrected chi connectivity index (χ3v) is 1.07. The molecule has 0 aliphatic rings. The van der Waals surface area contributed by atoms with Gasteiger partial charge in [-0.1, -0.05) is 0 Å². The Kier molecular flexibility index (Phi) is 1.05. The predicted molar refractivity (Wildman–Crippen MR) is 30.2 cm³/mol. The van der Waals surface area contributed by atoms with Crippen molar-refractivity contribution in [1.29, 1.82) is 5.26 Å². The van der Waals surface area contributed by atoms with Crippen molar-refractivity contribution in [2.75, 3.05) is 0 Å². The Morgan fingerprint density at radius 2 is 2.38 bits per heavy atom. The van der Waals surface area contributed by atoms with Gasteiger partial charge in [0.05, 0.1) is 5.56 Å². The van der Waals surface area contributed by atoms with Crippen LogP contribution in [0.4, 0.5) is 0 Å². The highest BCUT2D eigenvalue weighted by Crippen LogP contribution is 2.01. The molecule has 0 unspecified atom stereocenters. The summed E-state index contributed by atoms with van der Waals surface area (Å²) in [4.78, 5) is 2.83. The summed E-state index contributed by atoms with van der Waals surface area (Å²) in [7, 11) is 0. The van der Waals surface area contributed by atoms with Crippen LogP contribution in [0.15, 0.2) is 12.4 Å². The van der Waals surface area contributed by atoms with E-state index in [1.807, 2.05) is 13.0 Å². The molecule has 0 fully saturated rings. The number of aromatic amines is 1. The van der Waals surface area contributed by atoms with Crippen LogP contribution in [0, 0.1) is 18.3 Å². The standard InChI is InChI=1S/C6H6N2/c1-5-3-8-4-6(5)2-7/h3-4,8H,1H3/i8+1. The van der Waals surface area contributed by atoms with Gasteiger partial charge in [-0.2, -0.15) is 5.26 Å². The maximum Gasteiger partial charge on any atom is 0.101 e. The molecule has 0 aliphatic heterocycles. The van der Waals surface area contributed by atoms with Crippen molar-refractivity contribution >= 4 is 0 Å². The zero-order chi connectivity index (χ0) is 5.98. The molecule has 1 aromatic rings. The van der Waals surface area contributed by atoms with E-state index in [-0.39, 0.29) is 0 Å². The van der Waals surface area contributed by atoms with Crippen LogP contribution in [0.25, 0.3) is 0 Å². The number of nitrogens with one attached hydrogen (secondary N) is 1. The normalized spacial score (nSPS) is 8.50. The second kappa shape index (κ2) is 1.71. The number of rotatable bonds is 0. The second-order valence-corrected chi connectivity index (χ2v) is 1.66. The molecule has 2 nitrogen and oxygen atoms in total. The molecule has 0 bridgehead atoms. The maximum absolute atomic E-state index is 8.34. The van der Waals surface area contributed by atoms with Crippen LogP contribution in [0.3, 0.4) is 0 Å². The van der Waals surface area contributed by atoms with Gasteiger partial charge >= 0.3 is 0 Å². The molecule has 8 heavy (non-hydrogen) atoms. The number of H-pyrrole nitrogens is 1. The minimum Gasteiger partial charge on any atom is -0.366 e. The number of hydrogen-bond donors (Lipinski definition) is 1. The molecular weight excluding hydrogens is 101 g/mol. The molecule has 0 saturated heterocycles. The quantitative estimate of drug-likeness (QED) is 0.531. The van der Waals surface area contributed by atoms with Crippen molar-refractivity contribution in [3.63, 3.8) is 0 Å². The first kappa shape index (κ1) is 4.92. The molecular formula is C6H6N2. The number of nitriles is 1. The summed E-state index contributed by atoms with van der Waals surface area (Å²) >= 11 is 0. The van der Waals surface area contributed by atoms with E-state index in [0.29, 0.717) is 0 Å².